The molecular formula is C9H16N4O. The third-order valence-corrected chi connectivity index (χ3v) is 1.43. The molecule has 0 heterocycles. The van der Waals surface area contributed by atoms with Gasteiger partial charge in [-0.3, -0.25) is 4.79 Å². The highest BCUT2D eigenvalue weighted by Gasteiger charge is 2.05. The summed E-state index contributed by atoms with van der Waals surface area (Å²) >= 11 is 0. The second-order valence-electron chi connectivity index (χ2n) is 2.56. The summed E-state index contributed by atoms with van der Waals surface area (Å²) < 4.78 is 0. The topological polar surface area (TPSA) is 79.5 Å². The Labute approximate surface area is 83.8 Å². The van der Waals surface area contributed by atoms with Crippen molar-refractivity contribution in [1.82, 2.24) is 10.6 Å². The molecular weight excluding hydrogens is 180 g/mol. The molecule has 0 aliphatic rings. The van der Waals surface area contributed by atoms with Gasteiger partial charge in [0.1, 0.15) is 0 Å². The van der Waals surface area contributed by atoms with Crippen molar-refractivity contribution >= 4 is 12.1 Å². The van der Waals surface area contributed by atoms with Gasteiger partial charge in [0.05, 0.1) is 11.4 Å². The number of nitrogens with one attached hydrogen (secondary N) is 2. The summed E-state index contributed by atoms with van der Waals surface area (Å²) in [6, 6.07) is 0. The number of hydrogen-bond acceptors (Lipinski definition) is 4. The summed E-state index contributed by atoms with van der Waals surface area (Å²) in [4.78, 5) is 14.7. The average Bonchev–Trinajstić information content (AvgIpc) is 2.14. The third kappa shape index (κ3) is 3.75. The molecule has 0 fully saturated rings. The van der Waals surface area contributed by atoms with Gasteiger partial charge in [0.2, 0.25) is 5.91 Å². The van der Waals surface area contributed by atoms with E-state index in [4.69, 9.17) is 5.73 Å². The number of carbonyl (C=O) groups is 1. The van der Waals surface area contributed by atoms with Crippen molar-refractivity contribution in [2.45, 2.75) is 13.8 Å². The lowest BCUT2D eigenvalue weighted by molar-refractivity contribution is -0.118. The molecule has 0 saturated heterocycles. The van der Waals surface area contributed by atoms with E-state index in [1.54, 1.807) is 20.2 Å². The first-order valence-electron chi connectivity index (χ1n) is 4.16. The molecule has 0 aliphatic carbocycles. The number of aliphatic imine (C=N–C) groups is 1. The van der Waals surface area contributed by atoms with E-state index in [1.165, 1.54) is 6.92 Å². The van der Waals surface area contributed by atoms with Crippen LogP contribution in [0.15, 0.2) is 28.8 Å². The largest absolute Gasteiger partial charge is 0.394 e. The van der Waals surface area contributed by atoms with Gasteiger partial charge in [-0.1, -0.05) is 6.58 Å². The Hall–Kier alpha value is -1.78. The number of amides is 1. The van der Waals surface area contributed by atoms with E-state index in [0.717, 1.165) is 0 Å². The van der Waals surface area contributed by atoms with Gasteiger partial charge in [0.25, 0.3) is 0 Å². The van der Waals surface area contributed by atoms with Crippen molar-refractivity contribution in [3.63, 3.8) is 0 Å². The van der Waals surface area contributed by atoms with Crippen molar-refractivity contribution in [2.75, 3.05) is 7.05 Å². The van der Waals surface area contributed by atoms with E-state index in [-0.39, 0.29) is 5.91 Å². The van der Waals surface area contributed by atoms with E-state index in [0.29, 0.717) is 17.2 Å². The minimum atomic E-state index is -0.225. The number of likely N-dealkylation sites (N-methyl/N-ethyl adjacent to an activating group) is 1. The lowest BCUT2D eigenvalue weighted by atomic mass is 10.3. The highest BCUT2D eigenvalue weighted by Crippen LogP contribution is 2.03. The smallest absolute Gasteiger partial charge is 0.222 e. The number of rotatable bonds is 4. The zero-order chi connectivity index (χ0) is 11.1. The van der Waals surface area contributed by atoms with Crippen molar-refractivity contribution in [3.8, 4) is 0 Å². The molecule has 0 bridgehead atoms. The Morgan fingerprint density at radius 3 is 2.50 bits per heavy atom. The van der Waals surface area contributed by atoms with Crippen LogP contribution >= 0.6 is 0 Å². The zero-order valence-electron chi connectivity index (χ0n) is 8.72. The van der Waals surface area contributed by atoms with E-state index in [2.05, 4.69) is 22.2 Å². The predicted molar refractivity (Wildman–Crippen MR) is 57.4 cm³/mol. The summed E-state index contributed by atoms with van der Waals surface area (Å²) in [5.74, 6) is 0.0804. The Morgan fingerprint density at radius 1 is 1.57 bits per heavy atom. The van der Waals surface area contributed by atoms with Gasteiger partial charge in [0, 0.05) is 20.2 Å². The fraction of sp³-hybridized carbons (Fsp3) is 0.333. The monoisotopic (exact) mass is 196 g/mol. The lowest BCUT2D eigenvalue weighted by Crippen LogP contribution is -2.25. The van der Waals surface area contributed by atoms with Gasteiger partial charge in [-0.25, -0.2) is 4.99 Å². The summed E-state index contributed by atoms with van der Waals surface area (Å²) in [5.41, 5.74) is 6.53. The number of hydrogen-bond donors (Lipinski definition) is 3. The van der Waals surface area contributed by atoms with Crippen LogP contribution in [0.2, 0.25) is 0 Å². The Bertz CT molecular complexity index is 291. The van der Waals surface area contributed by atoms with Crippen LogP contribution in [0.5, 0.6) is 0 Å². The van der Waals surface area contributed by atoms with Crippen LogP contribution in [-0.2, 0) is 4.79 Å². The zero-order valence-corrected chi connectivity index (χ0v) is 8.72. The van der Waals surface area contributed by atoms with E-state index in [9.17, 15) is 4.79 Å². The normalized spacial score (nSPS) is 12.2. The summed E-state index contributed by atoms with van der Waals surface area (Å²) in [6.07, 6.45) is 1.54. The SMILES string of the molecule is C=C(NC)/C(N)=C(/N=CC)NC(C)=O. The molecule has 0 atom stereocenters. The van der Waals surface area contributed by atoms with Gasteiger partial charge in [-0.15, -0.1) is 0 Å². The van der Waals surface area contributed by atoms with Crippen LogP contribution in [0.3, 0.4) is 0 Å². The Kier molecular flexibility index (Phi) is 5.06. The first-order chi connectivity index (χ1) is 6.52. The maximum absolute atomic E-state index is 10.8. The summed E-state index contributed by atoms with van der Waals surface area (Å²) in [6.45, 7) is 6.79. The summed E-state index contributed by atoms with van der Waals surface area (Å²) in [5, 5.41) is 5.29. The molecule has 0 aromatic carbocycles. The molecule has 0 spiro atoms. The fourth-order valence-corrected chi connectivity index (χ4v) is 0.743. The third-order valence-electron chi connectivity index (χ3n) is 1.43. The number of carbonyl (C=O) groups excluding carboxylic acids is 1. The van der Waals surface area contributed by atoms with Gasteiger partial charge in [0.15, 0.2) is 5.82 Å². The predicted octanol–water partition coefficient (Wildman–Crippen LogP) is 0.0741. The highest BCUT2D eigenvalue weighted by atomic mass is 16.1. The van der Waals surface area contributed by atoms with Crippen LogP contribution in [0.4, 0.5) is 0 Å². The Balaban J connectivity index is 4.94. The maximum Gasteiger partial charge on any atom is 0.222 e. The lowest BCUT2D eigenvalue weighted by Gasteiger charge is -2.09. The quantitative estimate of drug-likeness (QED) is 0.440. The molecule has 14 heavy (non-hydrogen) atoms. The highest BCUT2D eigenvalue weighted by molar-refractivity contribution is 5.75. The fourth-order valence-electron chi connectivity index (χ4n) is 0.743. The molecule has 0 unspecified atom stereocenters. The second kappa shape index (κ2) is 5.80. The molecule has 78 valence electrons. The maximum atomic E-state index is 10.8. The minimum absolute atomic E-state index is 0.225. The van der Waals surface area contributed by atoms with Crippen molar-refractivity contribution < 1.29 is 4.79 Å². The molecule has 0 aromatic heterocycles. The van der Waals surface area contributed by atoms with Crippen LogP contribution in [-0.4, -0.2) is 19.2 Å². The van der Waals surface area contributed by atoms with Crippen LogP contribution in [0.25, 0.3) is 0 Å². The van der Waals surface area contributed by atoms with Crippen LogP contribution < -0.4 is 16.4 Å². The van der Waals surface area contributed by atoms with E-state index in [1.807, 2.05) is 0 Å². The number of nitrogens with zero attached hydrogens (tertiary/aromatic N) is 1. The first kappa shape index (κ1) is 12.2. The second-order valence-corrected chi connectivity index (χ2v) is 2.56. The summed E-state index contributed by atoms with van der Waals surface area (Å²) in [7, 11) is 1.69. The molecule has 0 radical (unpaired) electrons. The standard InChI is InChI=1S/C9H16N4O/c1-5-12-9(13-7(3)14)8(10)6(2)11-4/h5,11H,2,10H2,1,3-4H3,(H,13,14)/b9-8+,12-5?. The van der Waals surface area contributed by atoms with Gasteiger partial charge >= 0.3 is 0 Å². The molecule has 1 amide bonds. The molecule has 4 N–H and O–H groups in total. The molecule has 5 heteroatoms. The molecule has 0 aromatic rings. The van der Waals surface area contributed by atoms with Crippen LogP contribution in [0, 0.1) is 0 Å². The van der Waals surface area contributed by atoms with Crippen molar-refractivity contribution in [2.24, 2.45) is 10.7 Å². The molecule has 5 nitrogen and oxygen atoms in total. The van der Waals surface area contributed by atoms with E-state index < -0.39 is 0 Å². The number of nitrogens with two attached hydrogens (primary N) is 1. The van der Waals surface area contributed by atoms with Gasteiger partial charge < -0.3 is 16.4 Å². The first-order valence-corrected chi connectivity index (χ1v) is 4.16. The average molecular weight is 196 g/mol. The van der Waals surface area contributed by atoms with Gasteiger partial charge in [-0.05, 0) is 6.92 Å². The van der Waals surface area contributed by atoms with Gasteiger partial charge in [-0.2, -0.15) is 0 Å². The molecule has 0 rings (SSSR count). The minimum Gasteiger partial charge on any atom is -0.394 e. The van der Waals surface area contributed by atoms with Crippen molar-refractivity contribution in [1.29, 1.82) is 0 Å². The van der Waals surface area contributed by atoms with E-state index >= 15 is 0 Å². The molecule has 0 aliphatic heterocycles. The Morgan fingerprint density at radius 2 is 2.14 bits per heavy atom. The van der Waals surface area contributed by atoms with Crippen LogP contribution in [0.1, 0.15) is 13.8 Å². The molecule has 0 saturated carbocycles. The van der Waals surface area contributed by atoms with Crippen molar-refractivity contribution in [3.05, 3.63) is 23.8 Å².